The lowest BCUT2D eigenvalue weighted by molar-refractivity contribution is 0.232. The Hall–Kier alpha value is -2.78. The van der Waals surface area contributed by atoms with E-state index in [2.05, 4.69) is 26.7 Å². The molecule has 6 heterocycles. The van der Waals surface area contributed by atoms with E-state index in [4.69, 9.17) is 4.98 Å². The molecule has 38 heavy (non-hydrogen) atoms. The number of piperidine rings is 1. The highest BCUT2D eigenvalue weighted by Gasteiger charge is 2.42. The van der Waals surface area contributed by atoms with Gasteiger partial charge in [-0.2, -0.15) is 0 Å². The number of aromatic amines is 1. The summed E-state index contributed by atoms with van der Waals surface area (Å²) in [6, 6.07) is 5.25. The fourth-order valence-corrected chi connectivity index (χ4v) is 8.46. The molecule has 0 amide bonds. The van der Waals surface area contributed by atoms with Crippen molar-refractivity contribution < 1.29 is 8.42 Å². The Balaban J connectivity index is 1.29. The normalized spacial score (nSPS) is 27.0. The van der Waals surface area contributed by atoms with Gasteiger partial charge in [-0.1, -0.05) is 0 Å². The van der Waals surface area contributed by atoms with Gasteiger partial charge in [-0.25, -0.2) is 13.4 Å². The monoisotopic (exact) mass is 535 g/mol. The largest absolute Gasteiger partial charge is 0.365 e. The third-order valence-electron chi connectivity index (χ3n) is 9.02. The lowest BCUT2D eigenvalue weighted by Crippen LogP contribution is -2.51. The van der Waals surface area contributed by atoms with Crippen LogP contribution in [-0.2, 0) is 9.84 Å². The van der Waals surface area contributed by atoms with Crippen molar-refractivity contribution in [2.24, 2.45) is 11.8 Å². The molecule has 0 radical (unpaired) electrons. The molecular formula is C29H37N5O3S. The SMILES string of the molecule is Cc1cncc(-c2cnc(N[C@@H]3C[C@H]4CC[C@H](N4)[C@H]3CCC3CCS(=O)(=O)CC3)c3[nH]c(=O)c(C)cc23)c1. The van der Waals surface area contributed by atoms with Gasteiger partial charge in [0.15, 0.2) is 5.82 Å². The number of fused-ring (bicyclic) bond motifs is 3. The molecule has 8 nitrogen and oxygen atoms in total. The first-order valence-electron chi connectivity index (χ1n) is 13.9. The molecule has 0 saturated carbocycles. The number of aromatic nitrogens is 3. The second kappa shape index (κ2) is 10.1. The van der Waals surface area contributed by atoms with Crippen LogP contribution in [0, 0.1) is 25.7 Å². The van der Waals surface area contributed by atoms with Crippen LogP contribution in [0.4, 0.5) is 5.82 Å². The zero-order valence-electron chi connectivity index (χ0n) is 22.2. The van der Waals surface area contributed by atoms with Gasteiger partial charge in [0, 0.05) is 58.8 Å². The second-order valence-corrected chi connectivity index (χ2v) is 14.0. The average Bonchev–Trinajstić information content (AvgIpc) is 3.27. The van der Waals surface area contributed by atoms with Crippen LogP contribution in [0.2, 0.25) is 0 Å². The van der Waals surface area contributed by atoms with Crippen molar-refractivity contribution in [2.75, 3.05) is 16.8 Å². The maximum Gasteiger partial charge on any atom is 0.251 e. The average molecular weight is 536 g/mol. The lowest BCUT2D eigenvalue weighted by atomic mass is 9.80. The third kappa shape index (κ3) is 5.10. The molecule has 0 aromatic carbocycles. The maximum absolute atomic E-state index is 12.7. The van der Waals surface area contributed by atoms with Crippen LogP contribution in [0.15, 0.2) is 35.5 Å². The smallest absolute Gasteiger partial charge is 0.251 e. The van der Waals surface area contributed by atoms with E-state index in [0.717, 1.165) is 65.5 Å². The lowest BCUT2D eigenvalue weighted by Gasteiger charge is -2.39. The molecular weight excluding hydrogens is 498 g/mol. The topological polar surface area (TPSA) is 117 Å². The molecule has 4 atom stereocenters. The molecule has 3 saturated heterocycles. The van der Waals surface area contributed by atoms with Crippen LogP contribution >= 0.6 is 0 Å². The summed E-state index contributed by atoms with van der Waals surface area (Å²) in [6.45, 7) is 3.86. The standard InChI is InChI=1S/C29H37N5O3S/c1-17-11-20(15-30-14-17)24-16-31-28(27-23(24)12-18(2)29(35)34-27)33-26-13-21-4-6-25(32-21)22(26)5-3-19-7-9-38(36,37)10-8-19/h11-12,14-16,19,21-22,25-26,32H,3-10,13H2,1-2H3,(H,31,33)(H,34,35)/t21-,22-,25+,26-/m1/s1. The van der Waals surface area contributed by atoms with Crippen LogP contribution in [-0.4, -0.2) is 53.0 Å². The summed E-state index contributed by atoms with van der Waals surface area (Å²) in [5.74, 6) is 2.31. The minimum Gasteiger partial charge on any atom is -0.365 e. The second-order valence-electron chi connectivity index (χ2n) is 11.7. The maximum atomic E-state index is 12.7. The van der Waals surface area contributed by atoms with E-state index in [-0.39, 0.29) is 11.6 Å². The number of rotatable bonds is 6. The Morgan fingerprint density at radius 3 is 2.63 bits per heavy atom. The molecule has 202 valence electrons. The molecule has 3 aromatic heterocycles. The highest BCUT2D eigenvalue weighted by Crippen LogP contribution is 2.39. The van der Waals surface area contributed by atoms with Crippen molar-refractivity contribution in [3.63, 3.8) is 0 Å². The molecule has 3 aromatic rings. The summed E-state index contributed by atoms with van der Waals surface area (Å²) < 4.78 is 23.8. The molecule has 3 fully saturated rings. The van der Waals surface area contributed by atoms with Gasteiger partial charge < -0.3 is 15.6 Å². The minimum absolute atomic E-state index is 0.101. The van der Waals surface area contributed by atoms with Crippen LogP contribution in [0.5, 0.6) is 0 Å². The predicted molar refractivity (Wildman–Crippen MR) is 151 cm³/mol. The van der Waals surface area contributed by atoms with E-state index in [1.54, 1.807) is 0 Å². The molecule has 0 spiro atoms. The van der Waals surface area contributed by atoms with Crippen LogP contribution < -0.4 is 16.2 Å². The molecule has 6 rings (SSSR count). The molecule has 0 unspecified atom stereocenters. The number of anilines is 1. The molecule has 9 heteroatoms. The van der Waals surface area contributed by atoms with E-state index in [1.807, 2.05) is 38.5 Å². The Bertz CT molecular complexity index is 1500. The van der Waals surface area contributed by atoms with Crippen LogP contribution in [0.1, 0.15) is 56.1 Å². The quantitative estimate of drug-likeness (QED) is 0.435. The fraction of sp³-hybridized carbons (Fsp3) is 0.552. The summed E-state index contributed by atoms with van der Waals surface area (Å²) in [5.41, 5.74) is 4.31. The van der Waals surface area contributed by atoms with E-state index in [1.165, 1.54) is 12.8 Å². The highest BCUT2D eigenvalue weighted by atomic mass is 32.2. The van der Waals surface area contributed by atoms with Crippen molar-refractivity contribution in [3.05, 3.63) is 52.2 Å². The van der Waals surface area contributed by atoms with Gasteiger partial charge >= 0.3 is 0 Å². The number of hydrogen-bond acceptors (Lipinski definition) is 7. The Morgan fingerprint density at radius 1 is 1.03 bits per heavy atom. The summed E-state index contributed by atoms with van der Waals surface area (Å²) in [6.07, 6.45) is 12.6. The number of H-pyrrole nitrogens is 1. The van der Waals surface area contributed by atoms with Gasteiger partial charge in [0.05, 0.1) is 17.0 Å². The first kappa shape index (κ1) is 25.5. The van der Waals surface area contributed by atoms with E-state index in [9.17, 15) is 13.2 Å². The number of nitrogens with zero attached hydrogens (tertiary/aromatic N) is 2. The number of nitrogens with one attached hydrogen (secondary N) is 3. The van der Waals surface area contributed by atoms with Gasteiger partial charge in [-0.05, 0) is 88.3 Å². The van der Waals surface area contributed by atoms with E-state index >= 15 is 0 Å². The van der Waals surface area contributed by atoms with Gasteiger partial charge in [-0.3, -0.25) is 9.78 Å². The van der Waals surface area contributed by atoms with Gasteiger partial charge in [0.2, 0.25) is 0 Å². The first-order valence-corrected chi connectivity index (χ1v) is 15.8. The summed E-state index contributed by atoms with van der Waals surface area (Å²) >= 11 is 0. The molecule has 2 bridgehead atoms. The Labute approximate surface area is 224 Å². The number of hydrogen-bond donors (Lipinski definition) is 3. The molecule has 3 N–H and O–H groups in total. The molecule has 3 aliphatic rings. The van der Waals surface area contributed by atoms with Crippen molar-refractivity contribution >= 4 is 26.6 Å². The van der Waals surface area contributed by atoms with Crippen molar-refractivity contribution in [1.29, 1.82) is 0 Å². The first-order chi connectivity index (χ1) is 18.3. The minimum atomic E-state index is -2.84. The van der Waals surface area contributed by atoms with Gasteiger partial charge in [0.1, 0.15) is 9.84 Å². The zero-order chi connectivity index (χ0) is 26.4. The highest BCUT2D eigenvalue weighted by molar-refractivity contribution is 7.91. The van der Waals surface area contributed by atoms with Crippen molar-refractivity contribution in [3.8, 4) is 11.1 Å². The van der Waals surface area contributed by atoms with Gasteiger partial charge in [0.25, 0.3) is 5.56 Å². The Kier molecular flexibility index (Phi) is 6.76. The van der Waals surface area contributed by atoms with Crippen LogP contribution in [0.3, 0.4) is 0 Å². The Morgan fingerprint density at radius 2 is 1.84 bits per heavy atom. The summed E-state index contributed by atoms with van der Waals surface area (Å²) in [7, 11) is -2.84. The molecule has 3 aliphatic heterocycles. The van der Waals surface area contributed by atoms with Crippen molar-refractivity contribution in [2.45, 2.75) is 76.9 Å². The summed E-state index contributed by atoms with van der Waals surface area (Å²) in [5, 5.41) is 8.57. The third-order valence-corrected chi connectivity index (χ3v) is 10.7. The van der Waals surface area contributed by atoms with E-state index < -0.39 is 9.84 Å². The van der Waals surface area contributed by atoms with Crippen LogP contribution in [0.25, 0.3) is 22.0 Å². The number of pyridine rings is 3. The summed E-state index contributed by atoms with van der Waals surface area (Å²) in [4.78, 5) is 25.0. The predicted octanol–water partition coefficient (Wildman–Crippen LogP) is 4.13. The number of sulfone groups is 1. The van der Waals surface area contributed by atoms with Crippen molar-refractivity contribution in [1.82, 2.24) is 20.3 Å². The number of aryl methyl sites for hydroxylation is 2. The fourth-order valence-electron chi connectivity index (χ4n) is 6.87. The zero-order valence-corrected chi connectivity index (χ0v) is 23.0. The van der Waals surface area contributed by atoms with Gasteiger partial charge in [-0.15, -0.1) is 0 Å². The van der Waals surface area contributed by atoms with E-state index in [0.29, 0.717) is 41.0 Å². The molecule has 0 aliphatic carbocycles.